The van der Waals surface area contributed by atoms with Gasteiger partial charge in [0.1, 0.15) is 0 Å². The molecule has 0 spiro atoms. The maximum Gasteiger partial charge on any atom is 0.291 e. The van der Waals surface area contributed by atoms with E-state index in [9.17, 15) is 9.59 Å². The summed E-state index contributed by atoms with van der Waals surface area (Å²) in [6, 6.07) is 15.2. The molecule has 0 aliphatic rings. The Labute approximate surface area is 149 Å². The van der Waals surface area contributed by atoms with Gasteiger partial charge in [0.15, 0.2) is 5.76 Å². The number of anilines is 2. The highest BCUT2D eigenvalue weighted by molar-refractivity contribution is 6.31. The monoisotopic (exact) mass is 354 g/mol. The summed E-state index contributed by atoms with van der Waals surface area (Å²) >= 11 is 5.98. The molecule has 0 aliphatic heterocycles. The fourth-order valence-electron chi connectivity index (χ4n) is 2.30. The molecule has 0 bridgehead atoms. The number of hydrogen-bond acceptors (Lipinski definition) is 3. The van der Waals surface area contributed by atoms with E-state index in [1.165, 1.54) is 6.26 Å². The maximum atomic E-state index is 12.6. The molecule has 0 saturated carbocycles. The molecule has 3 rings (SSSR count). The van der Waals surface area contributed by atoms with Crippen molar-refractivity contribution in [2.75, 3.05) is 10.6 Å². The highest BCUT2D eigenvalue weighted by Gasteiger charge is 2.16. The molecule has 2 N–H and O–H groups in total. The van der Waals surface area contributed by atoms with Crippen LogP contribution in [-0.4, -0.2) is 11.8 Å². The third-order valence-corrected chi connectivity index (χ3v) is 3.85. The van der Waals surface area contributed by atoms with Gasteiger partial charge in [0, 0.05) is 10.7 Å². The summed E-state index contributed by atoms with van der Waals surface area (Å²) < 4.78 is 5.07. The van der Waals surface area contributed by atoms with Crippen LogP contribution in [-0.2, 0) is 0 Å². The molecule has 0 atom stereocenters. The van der Waals surface area contributed by atoms with Crippen LogP contribution >= 0.6 is 11.6 Å². The molecule has 2 aromatic carbocycles. The number of hydrogen-bond donors (Lipinski definition) is 2. The van der Waals surface area contributed by atoms with Gasteiger partial charge in [-0.2, -0.15) is 0 Å². The molecule has 3 aromatic rings. The third-order valence-electron chi connectivity index (χ3n) is 3.61. The zero-order chi connectivity index (χ0) is 17.8. The van der Waals surface area contributed by atoms with Crippen molar-refractivity contribution in [3.8, 4) is 0 Å². The SMILES string of the molecule is Cc1ccc(Cl)cc1NC(=O)c1ccccc1NC(=O)c1ccco1. The van der Waals surface area contributed by atoms with E-state index in [1.807, 2.05) is 13.0 Å². The second-order valence-electron chi connectivity index (χ2n) is 5.39. The fraction of sp³-hybridized carbons (Fsp3) is 0.0526. The van der Waals surface area contributed by atoms with Gasteiger partial charge in [-0.15, -0.1) is 0 Å². The quantitative estimate of drug-likeness (QED) is 0.710. The number of aryl methyl sites for hydroxylation is 1. The average molecular weight is 355 g/mol. The van der Waals surface area contributed by atoms with Crippen molar-refractivity contribution in [3.63, 3.8) is 0 Å². The van der Waals surface area contributed by atoms with E-state index in [2.05, 4.69) is 10.6 Å². The summed E-state index contributed by atoms with van der Waals surface area (Å²) in [5.74, 6) is -0.606. The molecule has 0 radical (unpaired) electrons. The predicted octanol–water partition coefficient (Wildman–Crippen LogP) is 4.75. The summed E-state index contributed by atoms with van der Waals surface area (Å²) in [6.07, 6.45) is 1.41. The van der Waals surface area contributed by atoms with Crippen molar-refractivity contribution >= 4 is 34.8 Å². The topological polar surface area (TPSA) is 71.3 Å². The first-order valence-corrected chi connectivity index (χ1v) is 7.94. The number of carbonyl (C=O) groups excluding carboxylic acids is 2. The van der Waals surface area contributed by atoms with Gasteiger partial charge in [-0.05, 0) is 48.9 Å². The number of carbonyl (C=O) groups is 2. The summed E-state index contributed by atoms with van der Waals surface area (Å²) in [7, 11) is 0. The molecule has 0 fully saturated rings. The van der Waals surface area contributed by atoms with E-state index in [0.717, 1.165) is 5.56 Å². The van der Waals surface area contributed by atoms with E-state index in [0.29, 0.717) is 22.0 Å². The Morgan fingerprint density at radius 2 is 1.68 bits per heavy atom. The molecule has 0 aliphatic carbocycles. The lowest BCUT2D eigenvalue weighted by Gasteiger charge is -2.12. The van der Waals surface area contributed by atoms with Crippen LogP contribution in [0.25, 0.3) is 0 Å². The molecule has 0 saturated heterocycles. The Hall–Kier alpha value is -3.05. The number of rotatable bonds is 4. The number of para-hydroxylation sites is 1. The van der Waals surface area contributed by atoms with Crippen molar-refractivity contribution < 1.29 is 14.0 Å². The molecular formula is C19H15ClN2O3. The minimum Gasteiger partial charge on any atom is -0.459 e. The number of furan rings is 1. The zero-order valence-corrected chi connectivity index (χ0v) is 14.1. The predicted molar refractivity (Wildman–Crippen MR) is 97.2 cm³/mol. The van der Waals surface area contributed by atoms with Crippen LogP contribution in [0.3, 0.4) is 0 Å². The van der Waals surface area contributed by atoms with Crippen molar-refractivity contribution in [2.45, 2.75) is 6.92 Å². The van der Waals surface area contributed by atoms with Crippen molar-refractivity contribution in [1.29, 1.82) is 0 Å². The minimum atomic E-state index is -0.427. The van der Waals surface area contributed by atoms with Crippen LogP contribution in [0.5, 0.6) is 0 Å². The molecule has 2 amide bonds. The lowest BCUT2D eigenvalue weighted by atomic mass is 10.1. The van der Waals surface area contributed by atoms with Gasteiger partial charge >= 0.3 is 0 Å². The van der Waals surface area contributed by atoms with Gasteiger partial charge in [-0.25, -0.2) is 0 Å². The first kappa shape index (κ1) is 16.8. The van der Waals surface area contributed by atoms with E-state index in [4.69, 9.17) is 16.0 Å². The van der Waals surface area contributed by atoms with Gasteiger partial charge in [0.05, 0.1) is 17.5 Å². The summed E-state index contributed by atoms with van der Waals surface area (Å²) in [5.41, 5.74) is 2.22. The van der Waals surface area contributed by atoms with E-state index in [1.54, 1.807) is 48.5 Å². The Morgan fingerprint density at radius 3 is 2.44 bits per heavy atom. The molecule has 5 nitrogen and oxygen atoms in total. The Morgan fingerprint density at radius 1 is 0.920 bits per heavy atom. The van der Waals surface area contributed by atoms with Gasteiger partial charge in [0.2, 0.25) is 0 Å². The largest absolute Gasteiger partial charge is 0.459 e. The van der Waals surface area contributed by atoms with Crippen LogP contribution in [0.2, 0.25) is 5.02 Å². The molecule has 126 valence electrons. The lowest BCUT2D eigenvalue weighted by molar-refractivity contribution is 0.0996. The highest BCUT2D eigenvalue weighted by atomic mass is 35.5. The van der Waals surface area contributed by atoms with Crippen LogP contribution in [0.4, 0.5) is 11.4 Å². The van der Waals surface area contributed by atoms with Crippen LogP contribution in [0.15, 0.2) is 65.3 Å². The maximum absolute atomic E-state index is 12.6. The van der Waals surface area contributed by atoms with E-state index >= 15 is 0 Å². The molecular weight excluding hydrogens is 340 g/mol. The first-order valence-electron chi connectivity index (χ1n) is 7.56. The van der Waals surface area contributed by atoms with Crippen molar-refractivity contribution in [1.82, 2.24) is 0 Å². The molecule has 1 aromatic heterocycles. The second-order valence-corrected chi connectivity index (χ2v) is 5.83. The highest BCUT2D eigenvalue weighted by Crippen LogP contribution is 2.23. The molecule has 0 unspecified atom stereocenters. The normalized spacial score (nSPS) is 10.3. The zero-order valence-electron chi connectivity index (χ0n) is 13.4. The van der Waals surface area contributed by atoms with Gasteiger partial charge in [0.25, 0.3) is 11.8 Å². The minimum absolute atomic E-state index is 0.167. The Balaban J connectivity index is 1.83. The van der Waals surface area contributed by atoms with Crippen LogP contribution in [0.1, 0.15) is 26.5 Å². The van der Waals surface area contributed by atoms with Crippen LogP contribution in [0, 0.1) is 6.92 Å². The van der Waals surface area contributed by atoms with Crippen molar-refractivity contribution in [2.24, 2.45) is 0 Å². The number of halogens is 1. The standard InChI is InChI=1S/C19H15ClN2O3/c1-12-8-9-13(20)11-16(12)22-18(23)14-5-2-3-6-15(14)21-19(24)17-7-4-10-25-17/h2-11H,1H3,(H,21,24)(H,22,23). The molecule has 6 heteroatoms. The summed E-state index contributed by atoms with van der Waals surface area (Å²) in [6.45, 7) is 1.87. The second kappa shape index (κ2) is 7.23. The van der Waals surface area contributed by atoms with E-state index < -0.39 is 5.91 Å². The van der Waals surface area contributed by atoms with Gasteiger partial charge in [-0.1, -0.05) is 29.8 Å². The number of benzene rings is 2. The molecule has 1 heterocycles. The van der Waals surface area contributed by atoms with Gasteiger partial charge < -0.3 is 15.1 Å². The van der Waals surface area contributed by atoms with Crippen LogP contribution < -0.4 is 10.6 Å². The summed E-state index contributed by atoms with van der Waals surface area (Å²) in [5, 5.41) is 6.03. The number of amides is 2. The fourth-order valence-corrected chi connectivity index (χ4v) is 2.47. The van der Waals surface area contributed by atoms with Crippen molar-refractivity contribution in [3.05, 3.63) is 82.8 Å². The average Bonchev–Trinajstić information content (AvgIpc) is 3.13. The Kier molecular flexibility index (Phi) is 4.86. The summed E-state index contributed by atoms with van der Waals surface area (Å²) in [4.78, 5) is 24.8. The number of nitrogens with one attached hydrogen (secondary N) is 2. The molecule has 25 heavy (non-hydrogen) atoms. The lowest BCUT2D eigenvalue weighted by Crippen LogP contribution is -2.18. The smallest absolute Gasteiger partial charge is 0.291 e. The third kappa shape index (κ3) is 3.89. The Bertz CT molecular complexity index is 920. The van der Waals surface area contributed by atoms with Gasteiger partial charge in [-0.3, -0.25) is 9.59 Å². The first-order chi connectivity index (χ1) is 12.0. The van der Waals surface area contributed by atoms with E-state index in [-0.39, 0.29) is 11.7 Å².